The summed E-state index contributed by atoms with van der Waals surface area (Å²) in [5.41, 5.74) is 1.30. The van der Waals surface area contributed by atoms with E-state index in [0.29, 0.717) is 6.04 Å². The van der Waals surface area contributed by atoms with E-state index in [1.54, 1.807) is 0 Å². The van der Waals surface area contributed by atoms with Crippen LogP contribution in [0, 0.1) is 0 Å². The van der Waals surface area contributed by atoms with Gasteiger partial charge in [-0.25, -0.2) is 0 Å². The van der Waals surface area contributed by atoms with E-state index < -0.39 is 0 Å². The molecule has 0 amide bonds. The van der Waals surface area contributed by atoms with Crippen LogP contribution >= 0.6 is 11.3 Å². The van der Waals surface area contributed by atoms with Gasteiger partial charge in [0.25, 0.3) is 0 Å². The summed E-state index contributed by atoms with van der Waals surface area (Å²) in [6, 6.07) is 6.87. The zero-order valence-corrected chi connectivity index (χ0v) is 11.9. The van der Waals surface area contributed by atoms with Crippen LogP contribution in [0.3, 0.4) is 0 Å². The summed E-state index contributed by atoms with van der Waals surface area (Å²) in [5.74, 6) is 0. The second-order valence-corrected chi connectivity index (χ2v) is 5.42. The van der Waals surface area contributed by atoms with Gasteiger partial charge in [-0.05, 0) is 50.7 Å². The Labute approximate surface area is 113 Å². The zero-order valence-electron chi connectivity index (χ0n) is 11.1. The van der Waals surface area contributed by atoms with Gasteiger partial charge in [0.2, 0.25) is 0 Å². The molecule has 1 unspecified atom stereocenters. The molecule has 3 nitrogen and oxygen atoms in total. The molecular weight excluding hydrogens is 242 g/mol. The molecule has 0 spiro atoms. The van der Waals surface area contributed by atoms with Gasteiger partial charge < -0.3 is 5.32 Å². The molecule has 98 valence electrons. The van der Waals surface area contributed by atoms with E-state index in [9.17, 15) is 0 Å². The third-order valence-electron chi connectivity index (χ3n) is 3.25. The van der Waals surface area contributed by atoms with Crippen molar-refractivity contribution >= 4 is 11.3 Å². The summed E-state index contributed by atoms with van der Waals surface area (Å²) < 4.78 is 2.08. The largest absolute Gasteiger partial charge is 0.312 e. The van der Waals surface area contributed by atoms with Crippen molar-refractivity contribution in [3.63, 3.8) is 0 Å². The molecule has 1 atom stereocenters. The SMILES string of the molecule is CCn1nccc1C(CCCc1cccs1)NC. The first-order chi connectivity index (χ1) is 8.85. The highest BCUT2D eigenvalue weighted by molar-refractivity contribution is 7.09. The van der Waals surface area contributed by atoms with Crippen molar-refractivity contribution in [2.24, 2.45) is 0 Å². The fourth-order valence-corrected chi connectivity index (χ4v) is 3.03. The lowest BCUT2D eigenvalue weighted by Gasteiger charge is -2.17. The number of nitrogens with one attached hydrogen (secondary N) is 1. The highest BCUT2D eigenvalue weighted by atomic mass is 32.1. The van der Waals surface area contributed by atoms with Crippen LogP contribution in [0.4, 0.5) is 0 Å². The molecule has 2 heterocycles. The highest BCUT2D eigenvalue weighted by Gasteiger charge is 2.13. The maximum absolute atomic E-state index is 4.34. The van der Waals surface area contributed by atoms with E-state index in [1.165, 1.54) is 23.4 Å². The second-order valence-electron chi connectivity index (χ2n) is 4.38. The summed E-state index contributed by atoms with van der Waals surface area (Å²) in [5, 5.41) is 9.89. The van der Waals surface area contributed by atoms with Crippen LogP contribution < -0.4 is 5.32 Å². The van der Waals surface area contributed by atoms with Crippen LogP contribution in [0.25, 0.3) is 0 Å². The van der Waals surface area contributed by atoms with Crippen molar-refractivity contribution in [2.45, 2.75) is 38.8 Å². The van der Waals surface area contributed by atoms with E-state index in [4.69, 9.17) is 0 Å². The number of nitrogens with zero attached hydrogens (tertiary/aromatic N) is 2. The van der Waals surface area contributed by atoms with Crippen LogP contribution in [0.15, 0.2) is 29.8 Å². The predicted octanol–water partition coefficient (Wildman–Crippen LogP) is 3.25. The lowest BCUT2D eigenvalue weighted by Crippen LogP contribution is -2.20. The summed E-state index contributed by atoms with van der Waals surface area (Å²) in [7, 11) is 2.03. The molecule has 0 aliphatic rings. The van der Waals surface area contributed by atoms with Gasteiger partial charge in [-0.2, -0.15) is 5.10 Å². The highest BCUT2D eigenvalue weighted by Crippen LogP contribution is 2.20. The molecule has 0 saturated heterocycles. The van der Waals surface area contributed by atoms with Crippen molar-refractivity contribution in [2.75, 3.05) is 7.05 Å². The van der Waals surface area contributed by atoms with Crippen molar-refractivity contribution in [1.82, 2.24) is 15.1 Å². The van der Waals surface area contributed by atoms with Crippen LogP contribution in [0.5, 0.6) is 0 Å². The normalized spacial score (nSPS) is 12.8. The third-order valence-corrected chi connectivity index (χ3v) is 4.19. The molecular formula is C14H21N3S. The van der Waals surface area contributed by atoms with E-state index in [1.807, 2.05) is 24.6 Å². The Bertz CT molecular complexity index is 447. The molecule has 0 bridgehead atoms. The van der Waals surface area contributed by atoms with Gasteiger partial charge in [0.05, 0.1) is 5.69 Å². The molecule has 0 radical (unpaired) electrons. The smallest absolute Gasteiger partial charge is 0.0553 e. The van der Waals surface area contributed by atoms with Crippen molar-refractivity contribution in [1.29, 1.82) is 0 Å². The van der Waals surface area contributed by atoms with Gasteiger partial charge in [-0.3, -0.25) is 4.68 Å². The second kappa shape index (κ2) is 6.71. The van der Waals surface area contributed by atoms with Gasteiger partial charge in [0.15, 0.2) is 0 Å². The van der Waals surface area contributed by atoms with E-state index in [2.05, 4.69) is 45.6 Å². The van der Waals surface area contributed by atoms with E-state index >= 15 is 0 Å². The standard InChI is InChI=1S/C14H21N3S/c1-3-17-14(9-10-16-17)13(15-2)8-4-6-12-7-5-11-18-12/h5,7,9-11,13,15H,3-4,6,8H2,1-2H3. The minimum Gasteiger partial charge on any atom is -0.312 e. The van der Waals surface area contributed by atoms with Crippen molar-refractivity contribution in [3.05, 3.63) is 40.3 Å². The van der Waals surface area contributed by atoms with Crippen LogP contribution in [-0.2, 0) is 13.0 Å². The van der Waals surface area contributed by atoms with Crippen LogP contribution in [0.1, 0.15) is 36.4 Å². The number of aryl methyl sites for hydroxylation is 2. The number of hydrogen-bond donors (Lipinski definition) is 1. The molecule has 0 aromatic carbocycles. The van der Waals surface area contributed by atoms with E-state index in [0.717, 1.165) is 13.0 Å². The summed E-state index contributed by atoms with van der Waals surface area (Å²) >= 11 is 1.85. The first-order valence-electron chi connectivity index (χ1n) is 6.56. The Balaban J connectivity index is 1.89. The van der Waals surface area contributed by atoms with Gasteiger partial charge in [0.1, 0.15) is 0 Å². The topological polar surface area (TPSA) is 29.9 Å². The quantitative estimate of drug-likeness (QED) is 0.831. The number of rotatable bonds is 7. The molecule has 4 heteroatoms. The molecule has 2 aromatic rings. The molecule has 1 N–H and O–H groups in total. The lowest BCUT2D eigenvalue weighted by molar-refractivity contribution is 0.476. The Hall–Kier alpha value is -1.13. The average molecular weight is 263 g/mol. The van der Waals surface area contributed by atoms with Crippen molar-refractivity contribution < 1.29 is 0 Å². The van der Waals surface area contributed by atoms with Crippen molar-refractivity contribution in [3.8, 4) is 0 Å². The number of hydrogen-bond acceptors (Lipinski definition) is 3. The fraction of sp³-hybridized carbons (Fsp3) is 0.500. The minimum absolute atomic E-state index is 0.410. The first-order valence-corrected chi connectivity index (χ1v) is 7.44. The van der Waals surface area contributed by atoms with Gasteiger partial charge >= 0.3 is 0 Å². The average Bonchev–Trinajstić information content (AvgIpc) is 3.05. The monoisotopic (exact) mass is 263 g/mol. The van der Waals surface area contributed by atoms with E-state index in [-0.39, 0.29) is 0 Å². The number of thiophene rings is 1. The lowest BCUT2D eigenvalue weighted by atomic mass is 10.1. The summed E-state index contributed by atoms with van der Waals surface area (Å²) in [6.45, 7) is 3.07. The minimum atomic E-state index is 0.410. The Morgan fingerprint density at radius 2 is 2.33 bits per heavy atom. The molecule has 18 heavy (non-hydrogen) atoms. The molecule has 0 fully saturated rings. The van der Waals surface area contributed by atoms with Gasteiger partial charge in [0, 0.05) is 23.7 Å². The molecule has 0 saturated carbocycles. The van der Waals surface area contributed by atoms with Gasteiger partial charge in [-0.15, -0.1) is 11.3 Å². The maximum Gasteiger partial charge on any atom is 0.0553 e. The summed E-state index contributed by atoms with van der Waals surface area (Å²) in [6.07, 6.45) is 5.43. The Morgan fingerprint density at radius 1 is 1.44 bits per heavy atom. The Morgan fingerprint density at radius 3 is 3.00 bits per heavy atom. The molecule has 0 aliphatic carbocycles. The predicted molar refractivity (Wildman–Crippen MR) is 77.0 cm³/mol. The molecule has 0 aliphatic heterocycles. The summed E-state index contributed by atoms with van der Waals surface area (Å²) in [4.78, 5) is 1.48. The first kappa shape index (κ1) is 13.3. The maximum atomic E-state index is 4.34. The third kappa shape index (κ3) is 3.21. The molecule has 2 rings (SSSR count). The molecule has 2 aromatic heterocycles. The Kier molecular flexibility index (Phi) is 4.96. The van der Waals surface area contributed by atoms with Gasteiger partial charge in [-0.1, -0.05) is 6.07 Å². The van der Waals surface area contributed by atoms with Crippen LogP contribution in [0.2, 0.25) is 0 Å². The fourth-order valence-electron chi connectivity index (χ4n) is 2.28. The number of aromatic nitrogens is 2. The zero-order chi connectivity index (χ0) is 12.8. The van der Waals surface area contributed by atoms with Crippen LogP contribution in [-0.4, -0.2) is 16.8 Å².